The van der Waals surface area contributed by atoms with E-state index >= 15 is 0 Å². The first-order valence-electron chi connectivity index (χ1n) is 13.0. The molecule has 0 saturated heterocycles. The minimum atomic E-state index is 0.604. The van der Waals surface area contributed by atoms with Crippen molar-refractivity contribution in [2.75, 3.05) is 24.7 Å². The maximum absolute atomic E-state index is 5.06. The summed E-state index contributed by atoms with van der Waals surface area (Å²) in [7, 11) is 0. The Kier molecular flexibility index (Phi) is 6.05. The summed E-state index contributed by atoms with van der Waals surface area (Å²) in [6.45, 7) is 11.8. The number of tetrazole rings is 1. The number of nitrogens with zero attached hydrogens (tertiary/aromatic N) is 7. The number of imidazole rings is 1. The highest BCUT2D eigenvalue weighted by Crippen LogP contribution is 2.35. The SMILES string of the molecule is Cc1nc2c(n1Cc1ccc(-c3ccccc3-c3nnn[nH]3)cc1)CN(CC1CC1)CN2CC(C)C. The van der Waals surface area contributed by atoms with E-state index in [9.17, 15) is 0 Å². The van der Waals surface area contributed by atoms with E-state index < -0.39 is 0 Å². The summed E-state index contributed by atoms with van der Waals surface area (Å²) >= 11 is 0. The van der Waals surface area contributed by atoms with Gasteiger partial charge in [-0.05, 0) is 58.7 Å². The largest absolute Gasteiger partial charge is 0.342 e. The lowest BCUT2D eigenvalue weighted by molar-refractivity contribution is 0.232. The molecule has 0 atom stereocenters. The third kappa shape index (κ3) is 4.65. The molecule has 8 nitrogen and oxygen atoms in total. The highest BCUT2D eigenvalue weighted by atomic mass is 15.5. The van der Waals surface area contributed by atoms with E-state index in [1.807, 2.05) is 18.2 Å². The second-order valence-electron chi connectivity index (χ2n) is 10.7. The van der Waals surface area contributed by atoms with Gasteiger partial charge in [0.1, 0.15) is 5.82 Å². The molecule has 36 heavy (non-hydrogen) atoms. The van der Waals surface area contributed by atoms with E-state index in [1.54, 1.807) is 0 Å². The number of aromatic amines is 1. The third-order valence-corrected chi connectivity index (χ3v) is 7.22. The van der Waals surface area contributed by atoms with Gasteiger partial charge < -0.3 is 9.47 Å². The number of benzene rings is 2. The molecule has 3 heterocycles. The highest BCUT2D eigenvalue weighted by molar-refractivity contribution is 5.80. The molecule has 0 spiro atoms. The molecule has 186 valence electrons. The quantitative estimate of drug-likeness (QED) is 0.391. The molecule has 2 aromatic heterocycles. The predicted molar refractivity (Wildman–Crippen MR) is 141 cm³/mol. The van der Waals surface area contributed by atoms with Gasteiger partial charge >= 0.3 is 0 Å². The van der Waals surface area contributed by atoms with Gasteiger partial charge in [-0.15, -0.1) is 5.10 Å². The van der Waals surface area contributed by atoms with Crippen molar-refractivity contribution in [2.24, 2.45) is 11.8 Å². The number of fused-ring (bicyclic) bond motifs is 1. The van der Waals surface area contributed by atoms with Crippen molar-refractivity contribution in [3.8, 4) is 22.5 Å². The first kappa shape index (κ1) is 22.9. The zero-order chi connectivity index (χ0) is 24.6. The summed E-state index contributed by atoms with van der Waals surface area (Å²) in [5.41, 5.74) is 5.88. The van der Waals surface area contributed by atoms with Crippen LogP contribution in [0.1, 0.15) is 43.8 Å². The molecule has 0 amide bonds. The Morgan fingerprint density at radius 1 is 1.03 bits per heavy atom. The van der Waals surface area contributed by atoms with Crippen molar-refractivity contribution in [1.29, 1.82) is 0 Å². The molecule has 8 heteroatoms. The predicted octanol–water partition coefficient (Wildman–Crippen LogP) is 4.73. The van der Waals surface area contributed by atoms with Crippen LogP contribution in [0, 0.1) is 18.8 Å². The van der Waals surface area contributed by atoms with Gasteiger partial charge in [0.15, 0.2) is 11.6 Å². The lowest BCUT2D eigenvalue weighted by Crippen LogP contribution is -2.45. The number of hydrogen-bond acceptors (Lipinski definition) is 6. The van der Waals surface area contributed by atoms with E-state index in [4.69, 9.17) is 4.98 Å². The molecule has 2 aliphatic rings. The Balaban J connectivity index is 1.27. The number of aromatic nitrogens is 6. The van der Waals surface area contributed by atoms with Crippen LogP contribution in [0.3, 0.4) is 0 Å². The van der Waals surface area contributed by atoms with Crippen LogP contribution in [0.15, 0.2) is 48.5 Å². The number of nitrogens with one attached hydrogen (secondary N) is 1. The zero-order valence-electron chi connectivity index (χ0n) is 21.4. The van der Waals surface area contributed by atoms with Crippen molar-refractivity contribution in [3.63, 3.8) is 0 Å². The smallest absolute Gasteiger partial charge is 0.180 e. The van der Waals surface area contributed by atoms with Crippen LogP contribution in [-0.4, -0.2) is 54.8 Å². The molecule has 0 bridgehead atoms. The molecule has 1 saturated carbocycles. The van der Waals surface area contributed by atoms with E-state index in [1.165, 1.54) is 36.5 Å². The molecule has 4 aromatic rings. The average molecular weight is 483 g/mol. The van der Waals surface area contributed by atoms with Gasteiger partial charge in [0.25, 0.3) is 0 Å². The molecule has 1 aliphatic heterocycles. The number of anilines is 1. The second-order valence-corrected chi connectivity index (χ2v) is 10.7. The summed E-state index contributed by atoms with van der Waals surface area (Å²) in [6.07, 6.45) is 2.77. The molecule has 1 fully saturated rings. The van der Waals surface area contributed by atoms with Crippen LogP contribution >= 0.6 is 0 Å². The number of rotatable bonds is 8. The Bertz CT molecular complexity index is 1320. The van der Waals surface area contributed by atoms with E-state index in [-0.39, 0.29) is 0 Å². The van der Waals surface area contributed by atoms with Crippen molar-refractivity contribution in [2.45, 2.75) is 46.7 Å². The van der Waals surface area contributed by atoms with Gasteiger partial charge in [-0.2, -0.15) is 0 Å². The molecular weight excluding hydrogens is 448 g/mol. The molecule has 0 radical (unpaired) electrons. The minimum absolute atomic E-state index is 0.604. The van der Waals surface area contributed by atoms with Crippen LogP contribution in [0.4, 0.5) is 5.82 Å². The summed E-state index contributed by atoms with van der Waals surface area (Å²) in [6, 6.07) is 17.1. The first-order chi connectivity index (χ1) is 17.5. The highest BCUT2D eigenvalue weighted by Gasteiger charge is 2.32. The van der Waals surface area contributed by atoms with Gasteiger partial charge in [-0.25, -0.2) is 10.1 Å². The molecule has 6 rings (SSSR count). The van der Waals surface area contributed by atoms with Crippen LogP contribution in [0.2, 0.25) is 0 Å². The summed E-state index contributed by atoms with van der Waals surface area (Å²) in [5.74, 6) is 4.44. The topological polar surface area (TPSA) is 78.8 Å². The Morgan fingerprint density at radius 2 is 1.81 bits per heavy atom. The van der Waals surface area contributed by atoms with E-state index in [0.717, 1.165) is 54.7 Å². The Morgan fingerprint density at radius 3 is 2.50 bits per heavy atom. The first-order valence-corrected chi connectivity index (χ1v) is 13.0. The number of hydrogen-bond donors (Lipinski definition) is 1. The van der Waals surface area contributed by atoms with Gasteiger partial charge in [-0.1, -0.05) is 62.4 Å². The summed E-state index contributed by atoms with van der Waals surface area (Å²) in [5, 5.41) is 14.5. The second kappa shape index (κ2) is 9.50. The average Bonchev–Trinajstić information content (AvgIpc) is 3.40. The maximum atomic E-state index is 5.06. The van der Waals surface area contributed by atoms with Crippen molar-refractivity contribution >= 4 is 5.82 Å². The van der Waals surface area contributed by atoms with E-state index in [2.05, 4.69) is 86.1 Å². The van der Waals surface area contributed by atoms with Crippen molar-refractivity contribution in [3.05, 3.63) is 65.6 Å². The number of aryl methyl sites for hydroxylation is 1. The van der Waals surface area contributed by atoms with Crippen molar-refractivity contribution < 1.29 is 0 Å². The van der Waals surface area contributed by atoms with Gasteiger partial charge in [0.05, 0.1) is 12.4 Å². The monoisotopic (exact) mass is 482 g/mol. The van der Waals surface area contributed by atoms with Crippen LogP contribution in [-0.2, 0) is 13.1 Å². The molecule has 1 N–H and O–H groups in total. The maximum Gasteiger partial charge on any atom is 0.180 e. The minimum Gasteiger partial charge on any atom is -0.342 e. The molecule has 0 unspecified atom stereocenters. The van der Waals surface area contributed by atoms with Crippen LogP contribution < -0.4 is 4.90 Å². The summed E-state index contributed by atoms with van der Waals surface area (Å²) < 4.78 is 2.42. The van der Waals surface area contributed by atoms with Gasteiger partial charge in [0.2, 0.25) is 0 Å². The van der Waals surface area contributed by atoms with Crippen LogP contribution in [0.25, 0.3) is 22.5 Å². The Labute approximate surface area is 212 Å². The van der Waals surface area contributed by atoms with Crippen molar-refractivity contribution in [1.82, 2.24) is 35.1 Å². The molecular formula is C28H34N8. The zero-order valence-corrected chi connectivity index (χ0v) is 21.4. The van der Waals surface area contributed by atoms with Gasteiger partial charge in [-0.3, -0.25) is 4.90 Å². The normalized spacial score (nSPS) is 16.1. The van der Waals surface area contributed by atoms with Gasteiger partial charge in [0, 0.05) is 31.7 Å². The Hall–Kier alpha value is -3.52. The number of H-pyrrole nitrogens is 1. The fourth-order valence-corrected chi connectivity index (χ4v) is 5.34. The fourth-order valence-electron chi connectivity index (χ4n) is 5.34. The lowest BCUT2D eigenvalue weighted by Gasteiger charge is -2.37. The molecule has 1 aliphatic carbocycles. The van der Waals surface area contributed by atoms with E-state index in [0.29, 0.717) is 11.7 Å². The fraction of sp³-hybridized carbons (Fsp3) is 0.429. The summed E-state index contributed by atoms with van der Waals surface area (Å²) in [4.78, 5) is 10.2. The molecule has 2 aromatic carbocycles. The van der Waals surface area contributed by atoms with Crippen LogP contribution in [0.5, 0.6) is 0 Å². The standard InChI is InChI=1S/C28H34N8/c1-19(2)14-35-18-34(15-21-8-9-21)17-26-28(35)29-20(3)36(26)16-22-10-12-23(13-11-22)24-6-4-5-7-25(24)27-30-32-33-31-27/h4-7,10-13,19,21H,8-9,14-18H2,1-3H3,(H,30,31,32,33). The third-order valence-electron chi connectivity index (χ3n) is 7.22. The lowest BCUT2D eigenvalue weighted by atomic mass is 9.98.